The normalized spacial score (nSPS) is 16.1. The summed E-state index contributed by atoms with van der Waals surface area (Å²) in [5, 5.41) is 6.72. The lowest BCUT2D eigenvalue weighted by molar-refractivity contribution is 0.332. The van der Waals surface area contributed by atoms with Crippen molar-refractivity contribution in [2.75, 3.05) is 20.1 Å². The Morgan fingerprint density at radius 3 is 2.39 bits per heavy atom. The summed E-state index contributed by atoms with van der Waals surface area (Å²) in [6.45, 7) is 4.41. The summed E-state index contributed by atoms with van der Waals surface area (Å²) < 4.78 is 25.6. The molecule has 0 saturated heterocycles. The predicted molar refractivity (Wildman–Crippen MR) is 117 cm³/mol. The van der Waals surface area contributed by atoms with E-state index in [1.165, 1.54) is 52.0 Å². The highest BCUT2D eigenvalue weighted by Crippen LogP contribution is 2.26. The first-order valence-electron chi connectivity index (χ1n) is 10.5. The van der Waals surface area contributed by atoms with Crippen LogP contribution in [0.25, 0.3) is 0 Å². The van der Waals surface area contributed by atoms with Gasteiger partial charge >= 0.3 is 0 Å². The Labute approximate surface area is 170 Å². The molecule has 0 bridgehead atoms. The van der Waals surface area contributed by atoms with Crippen LogP contribution < -0.4 is 15.4 Å². The van der Waals surface area contributed by atoms with Crippen molar-refractivity contribution < 1.29 is 8.42 Å². The maximum absolute atomic E-state index is 11.6. The number of aliphatic imine (C=N–C) groups is 1. The molecule has 2 rings (SSSR count). The first kappa shape index (κ1) is 22.7. The van der Waals surface area contributed by atoms with E-state index < -0.39 is 10.0 Å². The summed E-state index contributed by atoms with van der Waals surface area (Å²) >= 11 is 0. The number of guanidine groups is 1. The third kappa shape index (κ3) is 8.61. The molecule has 1 aromatic rings. The Balaban J connectivity index is 1.79. The van der Waals surface area contributed by atoms with Crippen molar-refractivity contribution in [2.24, 2.45) is 10.9 Å². The number of sulfonamides is 1. The van der Waals surface area contributed by atoms with Crippen LogP contribution in [0.2, 0.25) is 0 Å². The number of rotatable bonds is 10. The maximum atomic E-state index is 11.6. The molecule has 0 aromatic heterocycles. The fraction of sp³-hybridized carbons (Fsp3) is 0.667. The van der Waals surface area contributed by atoms with Gasteiger partial charge in [0.2, 0.25) is 10.0 Å². The standard InChI is InChI=1S/C21H36N4O2S/c1-3-23-21(24-15-7-10-18-8-5-4-6-9-18)25-16-19-11-13-20(14-12-19)17-28(26,27)22-2/h11-14,18,22H,3-10,15-17H2,1-2H3,(H2,23,24,25). The molecule has 1 fully saturated rings. The zero-order valence-electron chi connectivity index (χ0n) is 17.3. The number of nitrogens with zero attached hydrogens (tertiary/aromatic N) is 1. The quantitative estimate of drug-likeness (QED) is 0.315. The Morgan fingerprint density at radius 2 is 1.75 bits per heavy atom. The summed E-state index contributed by atoms with van der Waals surface area (Å²) in [4.78, 5) is 4.65. The fourth-order valence-corrected chi connectivity index (χ4v) is 4.39. The molecule has 1 aliphatic carbocycles. The molecule has 1 aliphatic rings. The van der Waals surface area contributed by atoms with E-state index in [0.717, 1.165) is 36.1 Å². The van der Waals surface area contributed by atoms with E-state index in [9.17, 15) is 8.42 Å². The van der Waals surface area contributed by atoms with Crippen LogP contribution in [-0.2, 0) is 22.3 Å². The zero-order chi connectivity index (χ0) is 20.2. The lowest BCUT2D eigenvalue weighted by Crippen LogP contribution is -2.37. The SMILES string of the molecule is CCNC(=NCc1ccc(CS(=O)(=O)NC)cc1)NCCCC1CCCCC1. The van der Waals surface area contributed by atoms with Gasteiger partial charge in [0.05, 0.1) is 12.3 Å². The molecule has 0 unspecified atom stereocenters. The molecule has 0 heterocycles. The average Bonchev–Trinajstić information content (AvgIpc) is 2.71. The van der Waals surface area contributed by atoms with Crippen molar-refractivity contribution in [2.45, 2.75) is 64.2 Å². The van der Waals surface area contributed by atoms with Crippen molar-refractivity contribution in [3.8, 4) is 0 Å². The van der Waals surface area contributed by atoms with Gasteiger partial charge in [-0.1, -0.05) is 56.4 Å². The smallest absolute Gasteiger partial charge is 0.215 e. The van der Waals surface area contributed by atoms with Gasteiger partial charge in [-0.3, -0.25) is 0 Å². The molecule has 158 valence electrons. The van der Waals surface area contributed by atoms with Crippen LogP contribution in [0.15, 0.2) is 29.3 Å². The highest BCUT2D eigenvalue weighted by molar-refractivity contribution is 7.88. The minimum absolute atomic E-state index is 0.00175. The van der Waals surface area contributed by atoms with Gasteiger partial charge < -0.3 is 10.6 Å². The van der Waals surface area contributed by atoms with Gasteiger partial charge in [-0.05, 0) is 43.9 Å². The van der Waals surface area contributed by atoms with Gasteiger partial charge in [-0.25, -0.2) is 18.1 Å². The zero-order valence-corrected chi connectivity index (χ0v) is 18.2. The first-order valence-corrected chi connectivity index (χ1v) is 12.2. The summed E-state index contributed by atoms with van der Waals surface area (Å²) in [5.41, 5.74) is 1.83. The van der Waals surface area contributed by atoms with E-state index in [4.69, 9.17) is 0 Å². The molecule has 1 aromatic carbocycles. The minimum Gasteiger partial charge on any atom is -0.357 e. The molecule has 0 amide bonds. The van der Waals surface area contributed by atoms with Crippen LogP contribution in [0.4, 0.5) is 0 Å². The molecule has 3 N–H and O–H groups in total. The Hall–Kier alpha value is -1.60. The van der Waals surface area contributed by atoms with Gasteiger partial charge in [0.15, 0.2) is 5.96 Å². The molecule has 0 radical (unpaired) electrons. The van der Waals surface area contributed by atoms with E-state index in [1.807, 2.05) is 24.3 Å². The average molecular weight is 409 g/mol. The van der Waals surface area contributed by atoms with Crippen molar-refractivity contribution in [1.29, 1.82) is 0 Å². The van der Waals surface area contributed by atoms with Gasteiger partial charge in [-0.2, -0.15) is 0 Å². The lowest BCUT2D eigenvalue weighted by atomic mass is 9.86. The monoisotopic (exact) mass is 408 g/mol. The van der Waals surface area contributed by atoms with Crippen molar-refractivity contribution in [3.05, 3.63) is 35.4 Å². The predicted octanol–water partition coefficient (Wildman–Crippen LogP) is 3.15. The number of hydrogen-bond acceptors (Lipinski definition) is 3. The van der Waals surface area contributed by atoms with Crippen molar-refractivity contribution in [3.63, 3.8) is 0 Å². The van der Waals surface area contributed by atoms with Crippen molar-refractivity contribution in [1.82, 2.24) is 15.4 Å². The third-order valence-corrected chi connectivity index (χ3v) is 6.60. The summed E-state index contributed by atoms with van der Waals surface area (Å²) in [6.07, 6.45) is 9.52. The topological polar surface area (TPSA) is 82.6 Å². The molecule has 0 spiro atoms. The molecule has 6 nitrogen and oxygen atoms in total. The highest BCUT2D eigenvalue weighted by atomic mass is 32.2. The van der Waals surface area contributed by atoms with Gasteiger partial charge in [-0.15, -0.1) is 0 Å². The Morgan fingerprint density at radius 1 is 1.07 bits per heavy atom. The number of benzene rings is 1. The molecule has 0 atom stereocenters. The molecular formula is C21H36N4O2S. The summed E-state index contributed by atoms with van der Waals surface area (Å²) in [7, 11) is -1.80. The fourth-order valence-electron chi connectivity index (χ4n) is 3.62. The van der Waals surface area contributed by atoms with Crippen LogP contribution in [0.3, 0.4) is 0 Å². The second-order valence-electron chi connectivity index (χ2n) is 7.55. The van der Waals surface area contributed by atoms with Crippen LogP contribution >= 0.6 is 0 Å². The third-order valence-electron chi connectivity index (χ3n) is 5.26. The lowest BCUT2D eigenvalue weighted by Gasteiger charge is -2.21. The second-order valence-corrected chi connectivity index (χ2v) is 9.47. The summed E-state index contributed by atoms with van der Waals surface area (Å²) in [5.74, 6) is 1.76. The summed E-state index contributed by atoms with van der Waals surface area (Å²) in [6, 6.07) is 7.59. The van der Waals surface area contributed by atoms with Gasteiger partial charge in [0, 0.05) is 13.1 Å². The molecule has 0 aliphatic heterocycles. The second kappa shape index (κ2) is 12.1. The van der Waals surface area contributed by atoms with E-state index in [-0.39, 0.29) is 5.75 Å². The number of hydrogen-bond donors (Lipinski definition) is 3. The highest BCUT2D eigenvalue weighted by Gasteiger charge is 2.12. The van der Waals surface area contributed by atoms with Crippen LogP contribution in [-0.4, -0.2) is 34.5 Å². The Bertz CT molecular complexity index is 696. The van der Waals surface area contributed by atoms with Crippen molar-refractivity contribution >= 4 is 16.0 Å². The van der Waals surface area contributed by atoms with E-state index in [1.54, 1.807) is 0 Å². The minimum atomic E-state index is -3.24. The van der Waals surface area contributed by atoms with E-state index >= 15 is 0 Å². The van der Waals surface area contributed by atoms with Crippen LogP contribution in [0, 0.1) is 5.92 Å². The van der Waals surface area contributed by atoms with Gasteiger partial charge in [0.1, 0.15) is 0 Å². The van der Waals surface area contributed by atoms with Gasteiger partial charge in [0.25, 0.3) is 0 Å². The molecule has 7 heteroatoms. The maximum Gasteiger partial charge on any atom is 0.215 e. The molecular weight excluding hydrogens is 372 g/mol. The van der Waals surface area contributed by atoms with E-state index in [0.29, 0.717) is 6.54 Å². The van der Waals surface area contributed by atoms with E-state index in [2.05, 4.69) is 27.3 Å². The molecule has 1 saturated carbocycles. The molecule has 28 heavy (non-hydrogen) atoms. The largest absolute Gasteiger partial charge is 0.357 e. The van der Waals surface area contributed by atoms with Crippen LogP contribution in [0.5, 0.6) is 0 Å². The van der Waals surface area contributed by atoms with Crippen LogP contribution in [0.1, 0.15) is 63.0 Å². The number of nitrogens with one attached hydrogen (secondary N) is 3. The Kier molecular flexibility index (Phi) is 9.78. The first-order chi connectivity index (χ1) is 13.5.